The van der Waals surface area contributed by atoms with Gasteiger partial charge < -0.3 is 15.3 Å². The number of piperidine rings is 1. The van der Waals surface area contributed by atoms with Crippen LogP contribution in [0.2, 0.25) is 0 Å². The second-order valence-electron chi connectivity index (χ2n) is 6.77. The Morgan fingerprint density at radius 2 is 2.04 bits per heavy atom. The van der Waals surface area contributed by atoms with Crippen LogP contribution in [0, 0.1) is 11.8 Å². The molecule has 5 nitrogen and oxygen atoms in total. The Kier molecular flexibility index (Phi) is 5.91. The summed E-state index contributed by atoms with van der Waals surface area (Å²) in [5.74, 6) is 0.857. The maximum atomic E-state index is 12.1. The number of rotatable bonds is 5. The van der Waals surface area contributed by atoms with Crippen molar-refractivity contribution in [1.82, 2.24) is 15.1 Å². The fraction of sp³-hybridized carbons (Fsp3) is 0.706. The molecular formula is C17H27N3O2S. The van der Waals surface area contributed by atoms with Crippen molar-refractivity contribution >= 4 is 17.4 Å². The first-order valence-corrected chi connectivity index (χ1v) is 9.51. The molecule has 1 aromatic rings. The molecule has 2 saturated heterocycles. The van der Waals surface area contributed by atoms with E-state index in [0.717, 1.165) is 52.0 Å². The first kappa shape index (κ1) is 16.7. The molecule has 2 fully saturated rings. The first-order chi connectivity index (χ1) is 11.2. The molecule has 0 saturated carbocycles. The summed E-state index contributed by atoms with van der Waals surface area (Å²) in [5.41, 5.74) is 0. The molecular weight excluding hydrogens is 310 g/mol. The van der Waals surface area contributed by atoms with Gasteiger partial charge in [0.1, 0.15) is 0 Å². The zero-order valence-electron chi connectivity index (χ0n) is 13.6. The zero-order chi connectivity index (χ0) is 16.1. The Balaban J connectivity index is 1.33. The molecule has 0 aromatic carbocycles. The van der Waals surface area contributed by atoms with Gasteiger partial charge in [0.15, 0.2) is 0 Å². The van der Waals surface area contributed by atoms with Crippen LogP contribution in [0.4, 0.5) is 4.79 Å². The standard InChI is InChI=1S/C17H27N3O2S/c21-13-15-5-8-20(11-15)17(22)18-10-14-3-6-19(7-4-14)12-16-2-1-9-23-16/h1-2,9,14-15,21H,3-8,10-13H2,(H,18,22). The van der Waals surface area contributed by atoms with E-state index in [9.17, 15) is 4.79 Å². The SMILES string of the molecule is O=C(NCC1CCN(Cc2cccs2)CC1)N1CCC(CO)C1. The fourth-order valence-corrected chi connectivity index (χ4v) is 4.23. The van der Waals surface area contributed by atoms with E-state index in [1.165, 1.54) is 4.88 Å². The number of aliphatic hydroxyl groups is 1. The summed E-state index contributed by atoms with van der Waals surface area (Å²) in [4.78, 5) is 17.9. The van der Waals surface area contributed by atoms with Gasteiger partial charge in [-0.3, -0.25) is 4.90 Å². The summed E-state index contributed by atoms with van der Waals surface area (Å²) in [6.07, 6.45) is 3.24. The lowest BCUT2D eigenvalue weighted by Gasteiger charge is -2.32. The molecule has 0 aliphatic carbocycles. The number of carbonyl (C=O) groups is 1. The van der Waals surface area contributed by atoms with Crippen LogP contribution in [0.1, 0.15) is 24.1 Å². The number of amides is 2. The van der Waals surface area contributed by atoms with Crippen LogP contribution in [0.25, 0.3) is 0 Å². The molecule has 128 valence electrons. The van der Waals surface area contributed by atoms with Gasteiger partial charge in [-0.25, -0.2) is 4.79 Å². The predicted octanol–water partition coefficient (Wildman–Crippen LogP) is 1.98. The third kappa shape index (κ3) is 4.68. The molecule has 6 heteroatoms. The second kappa shape index (κ2) is 8.13. The van der Waals surface area contributed by atoms with E-state index in [2.05, 4.69) is 27.7 Å². The zero-order valence-corrected chi connectivity index (χ0v) is 14.4. The van der Waals surface area contributed by atoms with Crippen LogP contribution in [-0.4, -0.2) is 60.3 Å². The van der Waals surface area contributed by atoms with Crippen molar-refractivity contribution in [3.8, 4) is 0 Å². The van der Waals surface area contributed by atoms with Crippen LogP contribution in [0.5, 0.6) is 0 Å². The third-order valence-electron chi connectivity index (χ3n) is 5.04. The monoisotopic (exact) mass is 337 g/mol. The lowest BCUT2D eigenvalue weighted by atomic mass is 9.97. The highest BCUT2D eigenvalue weighted by Crippen LogP contribution is 2.20. The lowest BCUT2D eigenvalue weighted by molar-refractivity contribution is 0.170. The van der Waals surface area contributed by atoms with Crippen molar-refractivity contribution in [2.45, 2.75) is 25.8 Å². The summed E-state index contributed by atoms with van der Waals surface area (Å²) in [7, 11) is 0. The Morgan fingerprint density at radius 3 is 2.70 bits per heavy atom. The molecule has 1 aromatic heterocycles. The van der Waals surface area contributed by atoms with E-state index in [1.54, 1.807) is 0 Å². The maximum absolute atomic E-state index is 12.1. The van der Waals surface area contributed by atoms with E-state index in [0.29, 0.717) is 12.5 Å². The number of hydrogen-bond acceptors (Lipinski definition) is 4. The molecule has 3 heterocycles. The van der Waals surface area contributed by atoms with Gasteiger partial charge in [0.25, 0.3) is 0 Å². The van der Waals surface area contributed by atoms with Crippen molar-refractivity contribution < 1.29 is 9.90 Å². The van der Waals surface area contributed by atoms with E-state index in [1.807, 2.05) is 16.2 Å². The molecule has 2 amide bonds. The third-order valence-corrected chi connectivity index (χ3v) is 5.90. The van der Waals surface area contributed by atoms with E-state index >= 15 is 0 Å². The molecule has 0 radical (unpaired) electrons. The van der Waals surface area contributed by atoms with Crippen LogP contribution in [0.15, 0.2) is 17.5 Å². The van der Waals surface area contributed by atoms with Crippen molar-refractivity contribution in [2.75, 3.05) is 39.3 Å². The molecule has 2 aliphatic heterocycles. The normalized spacial score (nSPS) is 23.3. The quantitative estimate of drug-likeness (QED) is 0.864. The second-order valence-corrected chi connectivity index (χ2v) is 7.80. The largest absolute Gasteiger partial charge is 0.396 e. The minimum atomic E-state index is 0.0435. The number of urea groups is 1. The number of thiophene rings is 1. The highest BCUT2D eigenvalue weighted by Gasteiger charge is 2.26. The van der Waals surface area contributed by atoms with Crippen molar-refractivity contribution in [3.05, 3.63) is 22.4 Å². The lowest BCUT2D eigenvalue weighted by Crippen LogP contribution is -2.43. The van der Waals surface area contributed by atoms with Crippen LogP contribution in [0.3, 0.4) is 0 Å². The number of likely N-dealkylation sites (tertiary alicyclic amines) is 2. The van der Waals surface area contributed by atoms with Gasteiger partial charge in [-0.1, -0.05) is 6.07 Å². The highest BCUT2D eigenvalue weighted by molar-refractivity contribution is 7.09. The molecule has 3 rings (SSSR count). The van der Waals surface area contributed by atoms with Gasteiger partial charge in [0, 0.05) is 43.6 Å². The Bertz CT molecular complexity index is 486. The highest BCUT2D eigenvalue weighted by atomic mass is 32.1. The minimum Gasteiger partial charge on any atom is -0.396 e. The molecule has 0 spiro atoms. The van der Waals surface area contributed by atoms with Gasteiger partial charge in [0.05, 0.1) is 0 Å². The maximum Gasteiger partial charge on any atom is 0.317 e. The van der Waals surface area contributed by atoms with Crippen LogP contribution >= 0.6 is 11.3 Å². The van der Waals surface area contributed by atoms with Gasteiger partial charge in [-0.05, 0) is 49.7 Å². The summed E-state index contributed by atoms with van der Waals surface area (Å²) in [6.45, 7) is 5.74. The average molecular weight is 337 g/mol. The number of nitrogens with zero attached hydrogens (tertiary/aromatic N) is 2. The number of carbonyl (C=O) groups excluding carboxylic acids is 1. The molecule has 1 atom stereocenters. The van der Waals surface area contributed by atoms with Gasteiger partial charge in [0.2, 0.25) is 0 Å². The van der Waals surface area contributed by atoms with Gasteiger partial charge in [-0.15, -0.1) is 11.3 Å². The van der Waals surface area contributed by atoms with E-state index in [4.69, 9.17) is 5.11 Å². The van der Waals surface area contributed by atoms with Crippen LogP contribution in [-0.2, 0) is 6.54 Å². The van der Waals surface area contributed by atoms with Crippen molar-refractivity contribution in [1.29, 1.82) is 0 Å². The number of hydrogen-bond donors (Lipinski definition) is 2. The van der Waals surface area contributed by atoms with Gasteiger partial charge in [-0.2, -0.15) is 0 Å². The molecule has 1 unspecified atom stereocenters. The summed E-state index contributed by atoms with van der Waals surface area (Å²) < 4.78 is 0. The molecule has 2 aliphatic rings. The van der Waals surface area contributed by atoms with E-state index in [-0.39, 0.29) is 18.6 Å². The smallest absolute Gasteiger partial charge is 0.317 e. The number of nitrogens with one attached hydrogen (secondary N) is 1. The average Bonchev–Trinajstić information content (AvgIpc) is 3.25. The molecule has 2 N–H and O–H groups in total. The van der Waals surface area contributed by atoms with Crippen molar-refractivity contribution in [2.24, 2.45) is 11.8 Å². The Morgan fingerprint density at radius 1 is 1.26 bits per heavy atom. The van der Waals surface area contributed by atoms with Crippen molar-refractivity contribution in [3.63, 3.8) is 0 Å². The Hall–Kier alpha value is -1.11. The fourth-order valence-electron chi connectivity index (χ4n) is 3.48. The summed E-state index contributed by atoms with van der Waals surface area (Å²) in [6, 6.07) is 4.36. The Labute approximate surface area is 142 Å². The molecule has 0 bridgehead atoms. The summed E-state index contributed by atoms with van der Waals surface area (Å²) >= 11 is 1.83. The molecule has 23 heavy (non-hydrogen) atoms. The minimum absolute atomic E-state index is 0.0435. The predicted molar refractivity (Wildman–Crippen MR) is 92.5 cm³/mol. The van der Waals surface area contributed by atoms with Gasteiger partial charge >= 0.3 is 6.03 Å². The first-order valence-electron chi connectivity index (χ1n) is 8.63. The van der Waals surface area contributed by atoms with E-state index < -0.39 is 0 Å². The van der Waals surface area contributed by atoms with Crippen LogP contribution < -0.4 is 5.32 Å². The summed E-state index contributed by atoms with van der Waals surface area (Å²) in [5, 5.41) is 14.4. The topological polar surface area (TPSA) is 55.8 Å². The number of aliphatic hydroxyl groups excluding tert-OH is 1.